The van der Waals surface area contributed by atoms with Gasteiger partial charge in [-0.05, 0) is 41.5 Å². The number of nitrogens with zero attached hydrogens (tertiary/aromatic N) is 6. The van der Waals surface area contributed by atoms with Crippen LogP contribution in [0.25, 0.3) is 89.3 Å². The van der Waals surface area contributed by atoms with Gasteiger partial charge in [-0.1, -0.05) is 115 Å². The molecule has 9 aromatic rings. The number of benzene rings is 5. The molecule has 0 N–H and O–H groups in total. The van der Waals surface area contributed by atoms with Gasteiger partial charge in [0.25, 0.3) is 0 Å². The third kappa shape index (κ3) is 5.02. The Bertz CT molecular complexity index is 2610. The fourth-order valence-corrected chi connectivity index (χ4v) is 6.18. The van der Waals surface area contributed by atoms with E-state index in [1.807, 2.05) is 72.9 Å². The average molecular weight is 615 g/mol. The zero-order chi connectivity index (χ0) is 31.9. The van der Waals surface area contributed by atoms with Gasteiger partial charge in [0.05, 0.1) is 22.2 Å². The van der Waals surface area contributed by atoms with Gasteiger partial charge in [0.2, 0.25) is 0 Å². The molecule has 0 spiro atoms. The Balaban J connectivity index is 1.16. The maximum Gasteiger partial charge on any atom is 0.166 e. The summed E-state index contributed by atoms with van der Waals surface area (Å²) < 4.78 is 0. The molecule has 48 heavy (non-hydrogen) atoms. The van der Waals surface area contributed by atoms with Crippen molar-refractivity contribution in [2.75, 3.05) is 0 Å². The first kappa shape index (κ1) is 27.6. The Morgan fingerprint density at radius 3 is 1.71 bits per heavy atom. The molecule has 9 rings (SSSR count). The number of aromatic nitrogens is 6. The quantitative estimate of drug-likeness (QED) is 0.180. The molecule has 4 heterocycles. The molecule has 0 unspecified atom stereocenters. The second-order valence-electron chi connectivity index (χ2n) is 11.6. The summed E-state index contributed by atoms with van der Waals surface area (Å²) in [6, 6.07) is 49.3. The van der Waals surface area contributed by atoms with Gasteiger partial charge in [0, 0.05) is 50.8 Å². The van der Waals surface area contributed by atoms with Gasteiger partial charge in [0.1, 0.15) is 0 Å². The van der Waals surface area contributed by atoms with E-state index in [4.69, 9.17) is 19.9 Å². The molecule has 0 atom stereocenters. The van der Waals surface area contributed by atoms with Crippen LogP contribution in [0, 0.1) is 0 Å². The number of pyridine rings is 3. The molecule has 0 aliphatic heterocycles. The second kappa shape index (κ2) is 11.6. The fraction of sp³-hybridized carbons (Fsp3) is 0. The minimum absolute atomic E-state index is 0.573. The normalized spacial score (nSPS) is 11.3. The number of fused-ring (bicyclic) bond motifs is 4. The molecule has 0 radical (unpaired) electrons. The SMILES string of the molecule is c1ccc(-c2cccc(-c3nc(-c4ccc(-c5ccc6ccc7cccnc7c6n5)cc4)nc(-c4cccc5cccnc45)n3)c2)cc1. The molecular formula is C42H26N6. The molecule has 0 amide bonds. The molecule has 0 aliphatic rings. The molecule has 6 heteroatoms. The molecule has 0 saturated heterocycles. The molecule has 224 valence electrons. The van der Waals surface area contributed by atoms with E-state index in [0.717, 1.165) is 71.8 Å². The van der Waals surface area contributed by atoms with E-state index in [-0.39, 0.29) is 0 Å². The summed E-state index contributed by atoms with van der Waals surface area (Å²) in [6.45, 7) is 0. The first-order valence-electron chi connectivity index (χ1n) is 15.8. The first-order valence-corrected chi connectivity index (χ1v) is 15.8. The van der Waals surface area contributed by atoms with E-state index in [2.05, 4.69) is 88.8 Å². The van der Waals surface area contributed by atoms with Crippen LogP contribution in [-0.4, -0.2) is 29.9 Å². The lowest BCUT2D eigenvalue weighted by molar-refractivity contribution is 1.07. The predicted molar refractivity (Wildman–Crippen MR) is 193 cm³/mol. The molecule has 5 aromatic carbocycles. The van der Waals surface area contributed by atoms with Crippen molar-refractivity contribution in [2.24, 2.45) is 0 Å². The maximum absolute atomic E-state index is 5.04. The predicted octanol–water partition coefficient (Wildman–Crippen LogP) is 9.85. The van der Waals surface area contributed by atoms with Gasteiger partial charge in [-0.15, -0.1) is 0 Å². The van der Waals surface area contributed by atoms with Gasteiger partial charge < -0.3 is 0 Å². The topological polar surface area (TPSA) is 77.3 Å². The van der Waals surface area contributed by atoms with Crippen molar-refractivity contribution in [3.63, 3.8) is 0 Å². The van der Waals surface area contributed by atoms with E-state index < -0.39 is 0 Å². The smallest absolute Gasteiger partial charge is 0.166 e. The standard InChI is InChI=1S/C42H26N6/c1-2-8-27(9-3-1)33-11-4-12-34(26-33)41-46-40(47-42(48-41)35-15-5-10-29-13-6-24-43-37(29)35)32-20-16-28(17-21-32)36-23-22-31-19-18-30-14-7-25-44-38(30)39(31)45-36/h1-26H. The van der Waals surface area contributed by atoms with Crippen molar-refractivity contribution < 1.29 is 0 Å². The zero-order valence-electron chi connectivity index (χ0n) is 25.7. The minimum atomic E-state index is 0.573. The van der Waals surface area contributed by atoms with Crippen LogP contribution in [0.3, 0.4) is 0 Å². The third-order valence-electron chi connectivity index (χ3n) is 8.61. The van der Waals surface area contributed by atoms with Gasteiger partial charge in [0.15, 0.2) is 17.5 Å². The highest BCUT2D eigenvalue weighted by molar-refractivity contribution is 6.03. The third-order valence-corrected chi connectivity index (χ3v) is 8.61. The van der Waals surface area contributed by atoms with Crippen LogP contribution in [0.15, 0.2) is 158 Å². The highest BCUT2D eigenvalue weighted by atomic mass is 15.0. The highest BCUT2D eigenvalue weighted by Gasteiger charge is 2.16. The van der Waals surface area contributed by atoms with Crippen molar-refractivity contribution >= 4 is 32.7 Å². The molecule has 0 aliphatic carbocycles. The fourth-order valence-electron chi connectivity index (χ4n) is 6.18. The number of hydrogen-bond donors (Lipinski definition) is 0. The number of hydrogen-bond acceptors (Lipinski definition) is 6. The average Bonchev–Trinajstić information content (AvgIpc) is 3.17. The lowest BCUT2D eigenvalue weighted by Gasteiger charge is -2.11. The minimum Gasteiger partial charge on any atom is -0.255 e. The highest BCUT2D eigenvalue weighted by Crippen LogP contribution is 2.32. The molecule has 0 saturated carbocycles. The maximum atomic E-state index is 5.04. The summed E-state index contributed by atoms with van der Waals surface area (Å²) in [6.07, 6.45) is 3.62. The summed E-state index contributed by atoms with van der Waals surface area (Å²) in [7, 11) is 0. The van der Waals surface area contributed by atoms with E-state index >= 15 is 0 Å². The van der Waals surface area contributed by atoms with Crippen LogP contribution in [0.1, 0.15) is 0 Å². The molecular weight excluding hydrogens is 589 g/mol. The Morgan fingerprint density at radius 1 is 0.312 bits per heavy atom. The molecule has 6 nitrogen and oxygen atoms in total. The van der Waals surface area contributed by atoms with Crippen LogP contribution in [0.5, 0.6) is 0 Å². The second-order valence-corrected chi connectivity index (χ2v) is 11.6. The van der Waals surface area contributed by atoms with Crippen LogP contribution < -0.4 is 0 Å². The zero-order valence-corrected chi connectivity index (χ0v) is 25.7. The van der Waals surface area contributed by atoms with Crippen molar-refractivity contribution in [3.05, 3.63) is 158 Å². The first-order chi connectivity index (χ1) is 23.8. The summed E-state index contributed by atoms with van der Waals surface area (Å²) in [5.74, 6) is 1.76. The summed E-state index contributed by atoms with van der Waals surface area (Å²) in [5, 5.41) is 3.16. The Labute approximate surface area is 276 Å². The number of rotatable bonds is 5. The van der Waals surface area contributed by atoms with Crippen LogP contribution in [0.4, 0.5) is 0 Å². The van der Waals surface area contributed by atoms with Gasteiger partial charge in [-0.2, -0.15) is 0 Å². The summed E-state index contributed by atoms with van der Waals surface area (Å²) in [5.41, 5.74) is 9.39. The van der Waals surface area contributed by atoms with Crippen LogP contribution >= 0.6 is 0 Å². The van der Waals surface area contributed by atoms with Crippen molar-refractivity contribution in [3.8, 4) is 56.5 Å². The molecule has 0 fully saturated rings. The van der Waals surface area contributed by atoms with Crippen LogP contribution in [-0.2, 0) is 0 Å². The van der Waals surface area contributed by atoms with Gasteiger partial charge in [-0.3, -0.25) is 9.97 Å². The van der Waals surface area contributed by atoms with E-state index in [9.17, 15) is 0 Å². The van der Waals surface area contributed by atoms with Crippen LogP contribution in [0.2, 0.25) is 0 Å². The molecule has 4 aromatic heterocycles. The van der Waals surface area contributed by atoms with Crippen molar-refractivity contribution in [2.45, 2.75) is 0 Å². The van der Waals surface area contributed by atoms with E-state index in [1.54, 1.807) is 6.20 Å². The Hall–Kier alpha value is -6.66. The van der Waals surface area contributed by atoms with Gasteiger partial charge in [-0.25, -0.2) is 19.9 Å². The van der Waals surface area contributed by atoms with E-state index in [0.29, 0.717) is 17.5 Å². The van der Waals surface area contributed by atoms with Gasteiger partial charge >= 0.3 is 0 Å². The Morgan fingerprint density at radius 2 is 0.896 bits per heavy atom. The Kier molecular flexibility index (Phi) is 6.68. The monoisotopic (exact) mass is 614 g/mol. The summed E-state index contributed by atoms with van der Waals surface area (Å²) in [4.78, 5) is 29.4. The number of para-hydroxylation sites is 1. The van der Waals surface area contributed by atoms with Crippen molar-refractivity contribution in [1.82, 2.24) is 29.9 Å². The van der Waals surface area contributed by atoms with E-state index in [1.165, 1.54) is 0 Å². The van der Waals surface area contributed by atoms with Crippen molar-refractivity contribution in [1.29, 1.82) is 0 Å². The lowest BCUT2D eigenvalue weighted by atomic mass is 10.0. The lowest BCUT2D eigenvalue weighted by Crippen LogP contribution is -2.01. The summed E-state index contributed by atoms with van der Waals surface area (Å²) >= 11 is 0. The largest absolute Gasteiger partial charge is 0.255 e. The molecule has 0 bridgehead atoms.